The Bertz CT molecular complexity index is 597. The number of nitrogens with two attached hydrogens (primary N) is 1. The van der Waals surface area contributed by atoms with Crippen LogP contribution in [0.1, 0.15) is 15.6 Å². The van der Waals surface area contributed by atoms with Gasteiger partial charge in [0, 0.05) is 11.4 Å². The molecule has 0 unspecified atom stereocenters. The van der Waals surface area contributed by atoms with Gasteiger partial charge in [0.25, 0.3) is 0 Å². The summed E-state index contributed by atoms with van der Waals surface area (Å²) in [7, 11) is 0. The highest BCUT2D eigenvalue weighted by Crippen LogP contribution is 2.19. The van der Waals surface area contributed by atoms with Crippen LogP contribution in [0.2, 0.25) is 0 Å². The third-order valence-corrected chi connectivity index (χ3v) is 3.76. The lowest BCUT2D eigenvalue weighted by Gasteiger charge is -2.05. The van der Waals surface area contributed by atoms with Crippen LogP contribution in [0.15, 0.2) is 24.3 Å². The van der Waals surface area contributed by atoms with Gasteiger partial charge in [0.2, 0.25) is 5.91 Å². The van der Waals surface area contributed by atoms with Gasteiger partial charge < -0.3 is 11.1 Å². The van der Waals surface area contributed by atoms with E-state index in [0.717, 1.165) is 15.6 Å². The fourth-order valence-corrected chi connectivity index (χ4v) is 2.59. The zero-order valence-electron chi connectivity index (χ0n) is 10.4. The van der Waals surface area contributed by atoms with Gasteiger partial charge in [-0.3, -0.25) is 4.79 Å². The van der Waals surface area contributed by atoms with Crippen LogP contribution in [0.3, 0.4) is 0 Å². The highest BCUT2D eigenvalue weighted by molar-refractivity contribution is 7.11. The van der Waals surface area contributed by atoms with E-state index in [1.807, 2.05) is 6.92 Å². The smallest absolute Gasteiger partial charge is 0.229 e. The molecule has 0 aliphatic heterocycles. The molecule has 0 bridgehead atoms. The number of rotatable bonds is 4. The molecule has 1 aromatic heterocycles. The first-order valence-electron chi connectivity index (χ1n) is 5.79. The zero-order valence-corrected chi connectivity index (χ0v) is 11.3. The molecule has 0 saturated heterocycles. The van der Waals surface area contributed by atoms with E-state index in [0.29, 0.717) is 6.54 Å². The van der Waals surface area contributed by atoms with E-state index in [1.54, 1.807) is 12.1 Å². The fraction of sp³-hybridized carbons (Fsp3) is 0.231. The maximum atomic E-state index is 13.4. The Morgan fingerprint density at radius 3 is 2.84 bits per heavy atom. The first kappa shape index (κ1) is 13.6. The average Bonchev–Trinajstić information content (AvgIpc) is 2.73. The molecule has 100 valence electrons. The minimum Gasteiger partial charge on any atom is -0.325 e. The Kier molecular flexibility index (Phi) is 4.24. The van der Waals surface area contributed by atoms with Crippen LogP contribution in [0.25, 0.3) is 0 Å². The molecule has 0 aliphatic rings. The molecular formula is C13H14FN3OS. The van der Waals surface area contributed by atoms with Crippen LogP contribution >= 0.6 is 11.3 Å². The Labute approximate surface area is 114 Å². The third-order valence-electron chi connectivity index (χ3n) is 2.58. The molecule has 0 saturated carbocycles. The van der Waals surface area contributed by atoms with Gasteiger partial charge in [0.1, 0.15) is 10.8 Å². The number of para-hydroxylation sites is 1. The van der Waals surface area contributed by atoms with Gasteiger partial charge in [-0.25, -0.2) is 9.37 Å². The molecular weight excluding hydrogens is 265 g/mol. The van der Waals surface area contributed by atoms with Gasteiger partial charge in [-0.15, -0.1) is 11.3 Å². The molecule has 0 fully saturated rings. The second kappa shape index (κ2) is 5.90. The summed E-state index contributed by atoms with van der Waals surface area (Å²) in [4.78, 5) is 17.0. The van der Waals surface area contributed by atoms with Crippen molar-refractivity contribution in [3.8, 4) is 0 Å². The molecule has 0 atom stereocenters. The number of nitrogens with zero attached hydrogens (tertiary/aromatic N) is 1. The molecule has 3 N–H and O–H groups in total. The molecule has 0 spiro atoms. The number of anilines is 1. The highest BCUT2D eigenvalue weighted by Gasteiger charge is 2.12. The molecule has 0 aliphatic carbocycles. The van der Waals surface area contributed by atoms with E-state index in [4.69, 9.17) is 5.73 Å². The number of hydrogen-bond donors (Lipinski definition) is 2. The molecule has 2 aromatic rings. The third kappa shape index (κ3) is 3.36. The van der Waals surface area contributed by atoms with E-state index in [2.05, 4.69) is 10.3 Å². The molecule has 19 heavy (non-hydrogen) atoms. The first-order valence-corrected chi connectivity index (χ1v) is 6.61. The van der Waals surface area contributed by atoms with Gasteiger partial charge in [0.15, 0.2) is 0 Å². The summed E-state index contributed by atoms with van der Waals surface area (Å²) in [5, 5.41) is 3.34. The predicted molar refractivity (Wildman–Crippen MR) is 73.5 cm³/mol. The number of amides is 1. The lowest BCUT2D eigenvalue weighted by molar-refractivity contribution is -0.115. The van der Waals surface area contributed by atoms with Crippen molar-refractivity contribution < 1.29 is 9.18 Å². The SMILES string of the molecule is Cc1nc(CN)sc1CC(=O)Nc1ccccc1F. The van der Waals surface area contributed by atoms with E-state index >= 15 is 0 Å². The predicted octanol–water partition coefficient (Wildman–Crippen LogP) is 2.23. The number of carbonyl (C=O) groups is 1. The number of aryl methyl sites for hydroxylation is 1. The first-order chi connectivity index (χ1) is 9.10. The van der Waals surface area contributed by atoms with Crippen LogP contribution in [-0.4, -0.2) is 10.9 Å². The summed E-state index contributed by atoms with van der Waals surface area (Å²) in [6, 6.07) is 6.08. The van der Waals surface area contributed by atoms with Gasteiger partial charge in [-0.1, -0.05) is 12.1 Å². The summed E-state index contributed by atoms with van der Waals surface area (Å²) in [5.74, 6) is -0.708. The van der Waals surface area contributed by atoms with Crippen molar-refractivity contribution >= 4 is 22.9 Å². The van der Waals surface area contributed by atoms with E-state index in [1.165, 1.54) is 23.5 Å². The minimum absolute atomic E-state index is 0.178. The maximum Gasteiger partial charge on any atom is 0.229 e. The van der Waals surface area contributed by atoms with Crippen molar-refractivity contribution in [3.05, 3.63) is 45.7 Å². The summed E-state index contributed by atoms with van der Waals surface area (Å²) < 4.78 is 13.4. The van der Waals surface area contributed by atoms with E-state index in [9.17, 15) is 9.18 Å². The molecule has 6 heteroatoms. The fourth-order valence-electron chi connectivity index (χ4n) is 1.64. The zero-order chi connectivity index (χ0) is 13.8. The van der Waals surface area contributed by atoms with Crippen LogP contribution in [-0.2, 0) is 17.8 Å². The number of thiazole rings is 1. The molecule has 2 rings (SSSR count). The number of aromatic nitrogens is 1. The normalized spacial score (nSPS) is 10.5. The topological polar surface area (TPSA) is 68.0 Å². The largest absolute Gasteiger partial charge is 0.325 e. The van der Waals surface area contributed by atoms with Gasteiger partial charge in [0.05, 0.1) is 17.8 Å². The number of hydrogen-bond acceptors (Lipinski definition) is 4. The summed E-state index contributed by atoms with van der Waals surface area (Å²) >= 11 is 1.41. The lowest BCUT2D eigenvalue weighted by Crippen LogP contribution is -2.15. The van der Waals surface area contributed by atoms with Gasteiger partial charge >= 0.3 is 0 Å². The summed E-state index contributed by atoms with van der Waals surface area (Å²) in [6.45, 7) is 2.20. The number of halogens is 1. The number of benzene rings is 1. The Hall–Kier alpha value is -1.79. The van der Waals surface area contributed by atoms with E-state index in [-0.39, 0.29) is 18.0 Å². The van der Waals surface area contributed by atoms with Crippen molar-refractivity contribution in [2.75, 3.05) is 5.32 Å². The molecule has 1 heterocycles. The second-order valence-corrected chi connectivity index (χ2v) is 5.19. The molecule has 1 amide bonds. The Morgan fingerprint density at radius 2 is 2.21 bits per heavy atom. The Balaban J connectivity index is 2.05. The number of nitrogens with one attached hydrogen (secondary N) is 1. The summed E-state index contributed by atoms with van der Waals surface area (Å²) in [5.41, 5.74) is 6.49. The van der Waals surface area contributed by atoms with Crippen molar-refractivity contribution in [2.45, 2.75) is 19.9 Å². The van der Waals surface area contributed by atoms with E-state index < -0.39 is 5.82 Å². The van der Waals surface area contributed by atoms with Gasteiger partial charge in [-0.2, -0.15) is 0 Å². The van der Waals surface area contributed by atoms with Crippen molar-refractivity contribution in [2.24, 2.45) is 5.73 Å². The molecule has 1 aromatic carbocycles. The molecule has 4 nitrogen and oxygen atoms in total. The highest BCUT2D eigenvalue weighted by atomic mass is 32.1. The monoisotopic (exact) mass is 279 g/mol. The Morgan fingerprint density at radius 1 is 1.47 bits per heavy atom. The van der Waals surface area contributed by atoms with Gasteiger partial charge in [-0.05, 0) is 19.1 Å². The maximum absolute atomic E-state index is 13.4. The molecule has 0 radical (unpaired) electrons. The standard InChI is InChI=1S/C13H14FN3OS/c1-8-11(19-13(7-15)16-8)6-12(18)17-10-5-3-2-4-9(10)14/h2-5H,6-7,15H2,1H3,(H,17,18). The quantitative estimate of drug-likeness (QED) is 0.901. The summed E-state index contributed by atoms with van der Waals surface area (Å²) in [6.07, 6.45) is 0.178. The second-order valence-electron chi connectivity index (χ2n) is 4.03. The van der Waals surface area contributed by atoms with Crippen LogP contribution in [0, 0.1) is 12.7 Å². The minimum atomic E-state index is -0.445. The van der Waals surface area contributed by atoms with Crippen LogP contribution in [0.4, 0.5) is 10.1 Å². The van der Waals surface area contributed by atoms with Crippen LogP contribution < -0.4 is 11.1 Å². The van der Waals surface area contributed by atoms with Crippen molar-refractivity contribution in [3.63, 3.8) is 0 Å². The van der Waals surface area contributed by atoms with Crippen LogP contribution in [0.5, 0.6) is 0 Å². The van der Waals surface area contributed by atoms with Crippen molar-refractivity contribution in [1.82, 2.24) is 4.98 Å². The number of carbonyl (C=O) groups excluding carboxylic acids is 1. The average molecular weight is 279 g/mol. The van der Waals surface area contributed by atoms with Crippen molar-refractivity contribution in [1.29, 1.82) is 0 Å². The lowest BCUT2D eigenvalue weighted by atomic mass is 10.2.